The lowest BCUT2D eigenvalue weighted by Crippen LogP contribution is -2.33. The molecular weight excluding hydrogens is 320 g/mol. The number of hydrogen-bond donors (Lipinski definition) is 2. The van der Waals surface area contributed by atoms with Gasteiger partial charge in [-0.15, -0.1) is 0 Å². The molecule has 0 unspecified atom stereocenters. The van der Waals surface area contributed by atoms with Crippen LogP contribution in [0, 0.1) is 5.41 Å². The van der Waals surface area contributed by atoms with Crippen molar-refractivity contribution in [2.45, 2.75) is 38.6 Å². The monoisotopic (exact) mass is 338 g/mol. The van der Waals surface area contributed by atoms with E-state index in [4.69, 9.17) is 10.2 Å². The molecule has 3 N–H and O–H groups in total. The standard InChI is InChI=1S/C11H19BrN2O3S/c1-4-11(2,3)7-14-18(15,16)9-5-8(6-13)17-10(9)12/h5,14H,4,6-7,13H2,1-3H3. The molecule has 0 radical (unpaired) electrons. The Hall–Kier alpha value is -0.370. The second-order valence-corrected chi connectivity index (χ2v) is 7.35. The van der Waals surface area contributed by atoms with E-state index in [1.165, 1.54) is 6.07 Å². The Kier molecular flexibility index (Phi) is 4.99. The van der Waals surface area contributed by atoms with Crippen molar-refractivity contribution in [1.29, 1.82) is 0 Å². The molecular formula is C11H19BrN2O3S. The third-order valence-corrected chi connectivity index (χ3v) is 5.15. The summed E-state index contributed by atoms with van der Waals surface area (Å²) in [6.07, 6.45) is 0.885. The minimum absolute atomic E-state index is 0.0834. The van der Waals surface area contributed by atoms with Crippen LogP contribution in [0.15, 0.2) is 20.0 Å². The van der Waals surface area contributed by atoms with Crippen LogP contribution in [0.1, 0.15) is 33.0 Å². The molecule has 0 aliphatic carbocycles. The van der Waals surface area contributed by atoms with Gasteiger partial charge >= 0.3 is 0 Å². The molecule has 0 spiro atoms. The smallest absolute Gasteiger partial charge is 0.244 e. The fourth-order valence-corrected chi connectivity index (χ4v) is 3.41. The summed E-state index contributed by atoms with van der Waals surface area (Å²) in [6, 6.07) is 1.44. The van der Waals surface area contributed by atoms with E-state index in [-0.39, 0.29) is 21.5 Å². The van der Waals surface area contributed by atoms with Crippen molar-refractivity contribution in [1.82, 2.24) is 4.72 Å². The van der Waals surface area contributed by atoms with Crippen LogP contribution in [-0.4, -0.2) is 15.0 Å². The summed E-state index contributed by atoms with van der Waals surface area (Å²) in [5.74, 6) is 0.428. The molecule has 0 amide bonds. The first-order chi connectivity index (χ1) is 8.22. The maximum atomic E-state index is 12.1. The van der Waals surface area contributed by atoms with Gasteiger partial charge in [0.15, 0.2) is 4.67 Å². The Labute approximate surface area is 116 Å². The number of hydrogen-bond acceptors (Lipinski definition) is 4. The zero-order valence-electron chi connectivity index (χ0n) is 10.8. The second kappa shape index (κ2) is 5.73. The predicted molar refractivity (Wildman–Crippen MR) is 73.6 cm³/mol. The van der Waals surface area contributed by atoms with Gasteiger partial charge in [-0.05, 0) is 27.8 Å². The molecule has 0 saturated carbocycles. The van der Waals surface area contributed by atoms with E-state index in [1.807, 2.05) is 20.8 Å². The Balaban J connectivity index is 2.90. The Bertz CT molecular complexity index is 508. The summed E-state index contributed by atoms with van der Waals surface area (Å²) in [7, 11) is -3.57. The molecule has 0 aromatic carbocycles. The third kappa shape index (κ3) is 3.81. The van der Waals surface area contributed by atoms with Crippen molar-refractivity contribution >= 4 is 26.0 Å². The normalized spacial score (nSPS) is 12.9. The van der Waals surface area contributed by atoms with Crippen LogP contribution >= 0.6 is 15.9 Å². The van der Waals surface area contributed by atoms with Crippen molar-refractivity contribution < 1.29 is 12.8 Å². The largest absolute Gasteiger partial charge is 0.452 e. The topological polar surface area (TPSA) is 85.3 Å². The quantitative estimate of drug-likeness (QED) is 0.832. The van der Waals surface area contributed by atoms with Crippen LogP contribution in [-0.2, 0) is 16.6 Å². The van der Waals surface area contributed by atoms with Gasteiger partial charge in [0.25, 0.3) is 0 Å². The molecule has 104 valence electrons. The lowest BCUT2D eigenvalue weighted by Gasteiger charge is -2.22. The van der Waals surface area contributed by atoms with Crippen LogP contribution in [0.5, 0.6) is 0 Å². The van der Waals surface area contributed by atoms with Crippen LogP contribution in [0.3, 0.4) is 0 Å². The summed E-state index contributed by atoms with van der Waals surface area (Å²) >= 11 is 3.09. The van der Waals surface area contributed by atoms with E-state index < -0.39 is 10.0 Å². The fraction of sp³-hybridized carbons (Fsp3) is 0.636. The van der Waals surface area contributed by atoms with Gasteiger partial charge < -0.3 is 10.2 Å². The van der Waals surface area contributed by atoms with E-state index in [2.05, 4.69) is 20.7 Å². The molecule has 1 aromatic heterocycles. The van der Waals surface area contributed by atoms with Gasteiger partial charge in [0.2, 0.25) is 10.0 Å². The first-order valence-electron chi connectivity index (χ1n) is 5.70. The molecule has 0 aliphatic heterocycles. The van der Waals surface area contributed by atoms with E-state index in [9.17, 15) is 8.42 Å². The minimum atomic E-state index is -3.57. The van der Waals surface area contributed by atoms with Crippen LogP contribution < -0.4 is 10.5 Å². The molecule has 1 aromatic rings. The van der Waals surface area contributed by atoms with Crippen molar-refractivity contribution in [3.05, 3.63) is 16.5 Å². The fourth-order valence-electron chi connectivity index (χ4n) is 1.17. The third-order valence-electron chi connectivity index (χ3n) is 2.90. The molecule has 18 heavy (non-hydrogen) atoms. The number of halogens is 1. The highest BCUT2D eigenvalue weighted by molar-refractivity contribution is 9.10. The summed E-state index contributed by atoms with van der Waals surface area (Å²) in [4.78, 5) is 0.0925. The average Bonchev–Trinajstić information content (AvgIpc) is 2.69. The summed E-state index contributed by atoms with van der Waals surface area (Å²) in [5.41, 5.74) is 5.33. The van der Waals surface area contributed by atoms with Crippen molar-refractivity contribution in [3.8, 4) is 0 Å². The maximum absolute atomic E-state index is 12.1. The van der Waals surface area contributed by atoms with Gasteiger partial charge in [0.05, 0.1) is 6.54 Å². The van der Waals surface area contributed by atoms with Gasteiger partial charge in [0.1, 0.15) is 10.7 Å². The Morgan fingerprint density at radius 3 is 2.56 bits per heavy atom. The SMILES string of the molecule is CCC(C)(C)CNS(=O)(=O)c1cc(CN)oc1Br. The highest BCUT2D eigenvalue weighted by Crippen LogP contribution is 2.26. The predicted octanol–water partition coefficient (Wildman–Crippen LogP) is 2.22. The molecule has 0 bridgehead atoms. The molecule has 0 aliphatic rings. The highest BCUT2D eigenvalue weighted by atomic mass is 79.9. The van der Waals surface area contributed by atoms with Crippen LogP contribution in [0.25, 0.3) is 0 Å². The maximum Gasteiger partial charge on any atom is 0.244 e. The van der Waals surface area contributed by atoms with Gasteiger partial charge in [0, 0.05) is 12.6 Å². The average molecular weight is 339 g/mol. The van der Waals surface area contributed by atoms with Crippen molar-refractivity contribution in [3.63, 3.8) is 0 Å². The van der Waals surface area contributed by atoms with E-state index in [0.717, 1.165) is 6.42 Å². The Morgan fingerprint density at radius 2 is 2.11 bits per heavy atom. The van der Waals surface area contributed by atoms with Crippen molar-refractivity contribution in [2.24, 2.45) is 11.1 Å². The minimum Gasteiger partial charge on any atom is -0.452 e. The number of nitrogens with one attached hydrogen (secondary N) is 1. The zero-order chi connectivity index (χ0) is 14.0. The highest BCUT2D eigenvalue weighted by Gasteiger charge is 2.25. The summed E-state index contributed by atoms with van der Waals surface area (Å²) in [6.45, 7) is 6.57. The molecule has 5 nitrogen and oxygen atoms in total. The summed E-state index contributed by atoms with van der Waals surface area (Å²) in [5, 5.41) is 0. The molecule has 0 fully saturated rings. The Morgan fingerprint density at radius 1 is 1.50 bits per heavy atom. The molecule has 0 saturated heterocycles. The van der Waals surface area contributed by atoms with Gasteiger partial charge in [-0.3, -0.25) is 0 Å². The first kappa shape index (κ1) is 15.7. The molecule has 0 atom stereocenters. The first-order valence-corrected chi connectivity index (χ1v) is 7.97. The number of sulfonamides is 1. The second-order valence-electron chi connectivity index (χ2n) is 4.90. The van der Waals surface area contributed by atoms with Crippen LogP contribution in [0.4, 0.5) is 0 Å². The zero-order valence-corrected chi connectivity index (χ0v) is 13.2. The van der Waals surface area contributed by atoms with Crippen molar-refractivity contribution in [2.75, 3.05) is 6.54 Å². The number of nitrogens with two attached hydrogens (primary N) is 1. The molecule has 1 heterocycles. The van der Waals surface area contributed by atoms with E-state index >= 15 is 0 Å². The molecule has 7 heteroatoms. The van der Waals surface area contributed by atoms with Gasteiger partial charge in [-0.25, -0.2) is 13.1 Å². The van der Waals surface area contributed by atoms with Gasteiger partial charge in [-0.2, -0.15) is 0 Å². The lowest BCUT2D eigenvalue weighted by molar-refractivity contribution is 0.350. The number of furan rings is 1. The lowest BCUT2D eigenvalue weighted by atomic mass is 9.91. The van der Waals surface area contributed by atoms with Crippen LogP contribution in [0.2, 0.25) is 0 Å². The summed E-state index contributed by atoms with van der Waals surface area (Å²) < 4.78 is 32.2. The number of rotatable bonds is 6. The van der Waals surface area contributed by atoms with Gasteiger partial charge in [-0.1, -0.05) is 20.8 Å². The molecule has 1 rings (SSSR count). The van der Waals surface area contributed by atoms with E-state index in [0.29, 0.717) is 12.3 Å². The van der Waals surface area contributed by atoms with E-state index in [1.54, 1.807) is 0 Å².